The summed E-state index contributed by atoms with van der Waals surface area (Å²) in [6.45, 7) is 11.8. The Morgan fingerprint density at radius 1 is 0.548 bits per heavy atom. The van der Waals surface area contributed by atoms with Gasteiger partial charge < -0.3 is 61.3 Å². The minimum Gasteiger partial charge on any atom is -0.390 e. The first-order chi connectivity index (χ1) is 44.6. The van der Waals surface area contributed by atoms with E-state index in [0.29, 0.717) is 76.4 Å². The van der Waals surface area contributed by atoms with Crippen LogP contribution in [0.3, 0.4) is 0 Å². The normalized spacial score (nSPS) is 16.9. The van der Waals surface area contributed by atoms with Crippen LogP contribution in [0.25, 0.3) is 0 Å². The fraction of sp³-hybridized carbons (Fsp3) is 0.653. The number of nitrogens with zero attached hydrogens (tertiary/aromatic N) is 4. The van der Waals surface area contributed by atoms with Crippen molar-refractivity contribution in [1.82, 2.24) is 40.9 Å². The predicted octanol–water partition coefficient (Wildman–Crippen LogP) is 6.51. The number of carbonyl (C=O) groups excluding carboxylic acids is 6. The quantitative estimate of drug-likeness (QED) is 0.0334. The van der Waals surface area contributed by atoms with Gasteiger partial charge in [0.2, 0.25) is 35.4 Å². The summed E-state index contributed by atoms with van der Waals surface area (Å²) in [5, 5.41) is 55.4. The number of nitrogens with one attached hydrogen (secondary N) is 4. The Labute approximate surface area is 558 Å². The van der Waals surface area contributed by atoms with Crippen LogP contribution in [-0.2, 0) is 41.6 Å². The number of likely N-dealkylation sites (N-methyl/N-ethyl adjacent to an activating group) is 4. The van der Waals surface area contributed by atoms with E-state index < -0.39 is 90.0 Å². The third kappa shape index (κ3) is 30.5. The smallest absolute Gasteiger partial charge is 0.244 e. The molecule has 514 valence electrons. The second-order valence-corrected chi connectivity index (χ2v) is 25.8. The number of benzene rings is 2. The molecule has 4 rings (SSSR count). The fourth-order valence-corrected chi connectivity index (χ4v) is 12.1. The highest BCUT2D eigenvalue weighted by atomic mass is 16.3. The third-order valence-electron chi connectivity index (χ3n) is 18.6. The van der Waals surface area contributed by atoms with Gasteiger partial charge in [0, 0.05) is 78.3 Å². The summed E-state index contributed by atoms with van der Waals surface area (Å²) >= 11 is 0. The zero-order valence-corrected chi connectivity index (χ0v) is 57.3. The highest BCUT2D eigenvalue weighted by Gasteiger charge is 2.38. The summed E-state index contributed by atoms with van der Waals surface area (Å²) in [5.74, 6) is 9.73. The molecule has 2 saturated carbocycles. The van der Waals surface area contributed by atoms with E-state index in [1.165, 1.54) is 6.42 Å². The molecule has 8 N–H and O–H groups in total. The van der Waals surface area contributed by atoms with Gasteiger partial charge in [-0.1, -0.05) is 146 Å². The van der Waals surface area contributed by atoms with Crippen LogP contribution in [0, 0.1) is 78.5 Å². The largest absolute Gasteiger partial charge is 0.390 e. The fourth-order valence-electron chi connectivity index (χ4n) is 12.1. The zero-order chi connectivity index (χ0) is 68.7. The van der Waals surface area contributed by atoms with Gasteiger partial charge in [-0.2, -0.15) is 0 Å². The molecule has 0 spiro atoms. The standard InChI is InChI=1S/C38H58N4O5.C37H56N4O5/c1-7-11-22-33(43)36(45)32(26-29-20-16-13-17-21-29)39-38(47)35(30(8-2)9-3)40-37(46)31(25-28-18-14-12-15-19-28)27-34(44)42(6)24-23-41(5)10-4;1-6-9-21-31(37(46)39-32(26-29-19-15-12-16-20-29)35(44)33(42)22-10-7-2)38-36(45)30(25-28-17-13-11-14-18-28)27-34(43)41(5)24-23-40(4)8-3/h1-2,12,14-15,18-19,29-33,35-36,43,45H,9-11,13,16-17,20-27H2,3-6H3,(H,39,47)(H,40,46);2,11,13-14,17-18,29-33,35,42,44H,8,10,12,15-16,19-27H2,1,3-5H3,(H,38,45)(H,39,46)/t30?,31-,32+,33+,35+,36-;30-,31+,32+,33+,35-/m11/s1. The van der Waals surface area contributed by atoms with E-state index in [9.17, 15) is 49.2 Å². The van der Waals surface area contributed by atoms with Crippen LogP contribution < -0.4 is 21.3 Å². The molecule has 6 amide bonds. The summed E-state index contributed by atoms with van der Waals surface area (Å²) in [6, 6.07) is 15.4. The van der Waals surface area contributed by atoms with Crippen LogP contribution in [0.5, 0.6) is 0 Å². The van der Waals surface area contributed by atoms with Crippen molar-refractivity contribution in [2.45, 2.75) is 218 Å². The Kier molecular flexibility index (Phi) is 39.4. The molecule has 11 atom stereocenters. The molecule has 0 radical (unpaired) electrons. The van der Waals surface area contributed by atoms with Gasteiger partial charge in [0.05, 0.1) is 36.1 Å². The van der Waals surface area contributed by atoms with Crippen LogP contribution in [0.2, 0.25) is 0 Å². The van der Waals surface area contributed by atoms with Gasteiger partial charge in [-0.25, -0.2) is 0 Å². The minimum absolute atomic E-state index is 0.00868. The number of terminal acetylenes is 3. The maximum atomic E-state index is 14.0. The van der Waals surface area contributed by atoms with E-state index in [0.717, 1.165) is 88.5 Å². The summed E-state index contributed by atoms with van der Waals surface area (Å²) in [7, 11) is 7.46. The van der Waals surface area contributed by atoms with E-state index in [4.69, 9.17) is 19.3 Å². The van der Waals surface area contributed by atoms with Gasteiger partial charge >= 0.3 is 0 Å². The Morgan fingerprint density at radius 3 is 1.33 bits per heavy atom. The molecule has 0 bridgehead atoms. The first kappa shape index (κ1) is 80.5. The molecule has 0 saturated heterocycles. The Morgan fingerprint density at radius 2 is 0.957 bits per heavy atom. The molecular weight excluding hydrogens is 1170 g/mol. The van der Waals surface area contributed by atoms with Gasteiger partial charge in [-0.3, -0.25) is 28.8 Å². The number of aliphatic hydroxyl groups excluding tert-OH is 4. The van der Waals surface area contributed by atoms with Crippen molar-refractivity contribution in [3.8, 4) is 48.9 Å². The van der Waals surface area contributed by atoms with E-state index in [2.05, 4.69) is 74.5 Å². The molecule has 2 aromatic rings. The van der Waals surface area contributed by atoms with E-state index in [1.807, 2.05) is 81.7 Å². The SMILES string of the molecule is C#CCC[C@H](O)[C@H](O)[C@H](CC1CCCCC1)NC(=O)[C@@H](NC(=O)[C@@H](CC(=O)N(C)CCN(C)CC)Cc1ccccc1)C(C#C)CC.C#CCC[C@H](O)[C@H](O)[C@H](CC1CCCCC1)NC(=O)[C@H](CC#CC)NC(=O)[C@@H](CC(=O)N(C)CCN(C)CC)Cc1ccccc1. The lowest BCUT2D eigenvalue weighted by Crippen LogP contribution is -2.57. The maximum Gasteiger partial charge on any atom is 0.244 e. The molecule has 2 aliphatic rings. The molecule has 2 aromatic carbocycles. The van der Waals surface area contributed by atoms with Crippen LogP contribution >= 0.6 is 0 Å². The number of hydrogen-bond donors (Lipinski definition) is 8. The van der Waals surface area contributed by atoms with Crippen molar-refractivity contribution in [3.05, 3.63) is 71.8 Å². The van der Waals surface area contributed by atoms with Crippen LogP contribution in [0.1, 0.15) is 167 Å². The number of hydrogen-bond acceptors (Lipinski definition) is 12. The van der Waals surface area contributed by atoms with Gasteiger partial charge in [0.1, 0.15) is 24.3 Å². The van der Waals surface area contributed by atoms with Gasteiger partial charge in [0.15, 0.2) is 0 Å². The average molecular weight is 1290 g/mol. The number of carbonyl (C=O) groups is 6. The number of amides is 6. The van der Waals surface area contributed by atoms with Gasteiger partial charge in [-0.05, 0) is 102 Å². The second kappa shape index (κ2) is 45.6. The summed E-state index contributed by atoms with van der Waals surface area (Å²) < 4.78 is 0. The lowest BCUT2D eigenvalue weighted by molar-refractivity contribution is -0.137. The molecule has 0 aromatic heterocycles. The van der Waals surface area contributed by atoms with Crippen molar-refractivity contribution in [2.24, 2.45) is 29.6 Å². The molecule has 0 aliphatic heterocycles. The van der Waals surface area contributed by atoms with Crippen molar-refractivity contribution in [3.63, 3.8) is 0 Å². The summed E-state index contributed by atoms with van der Waals surface area (Å²) in [4.78, 5) is 89.7. The second-order valence-electron chi connectivity index (χ2n) is 25.8. The Balaban J connectivity index is 0.000000485. The monoisotopic (exact) mass is 1290 g/mol. The van der Waals surface area contributed by atoms with Crippen LogP contribution in [-0.4, -0.2) is 192 Å². The number of rotatable bonds is 39. The van der Waals surface area contributed by atoms with Crippen molar-refractivity contribution in [1.29, 1.82) is 0 Å². The highest BCUT2D eigenvalue weighted by Crippen LogP contribution is 2.31. The summed E-state index contributed by atoms with van der Waals surface area (Å²) in [6.07, 6.45) is 25.8. The van der Waals surface area contributed by atoms with Crippen molar-refractivity contribution < 1.29 is 49.2 Å². The van der Waals surface area contributed by atoms with Crippen LogP contribution in [0.15, 0.2) is 60.7 Å². The molecule has 2 aliphatic carbocycles. The molecule has 2 fully saturated rings. The van der Waals surface area contributed by atoms with Crippen molar-refractivity contribution >= 4 is 35.4 Å². The predicted molar refractivity (Wildman–Crippen MR) is 369 cm³/mol. The number of aliphatic hydroxyl groups is 4. The van der Waals surface area contributed by atoms with E-state index in [-0.39, 0.29) is 43.9 Å². The van der Waals surface area contributed by atoms with E-state index in [1.54, 1.807) is 30.8 Å². The third-order valence-corrected chi connectivity index (χ3v) is 18.6. The molecule has 18 nitrogen and oxygen atoms in total. The lowest BCUT2D eigenvalue weighted by Gasteiger charge is -2.34. The molecule has 0 heterocycles. The first-order valence-corrected chi connectivity index (χ1v) is 34.2. The van der Waals surface area contributed by atoms with E-state index >= 15 is 0 Å². The topological polar surface area (TPSA) is 244 Å². The first-order valence-electron chi connectivity index (χ1n) is 34.2. The van der Waals surface area contributed by atoms with Crippen molar-refractivity contribution in [2.75, 3.05) is 67.5 Å². The van der Waals surface area contributed by atoms with Gasteiger partial charge in [0.25, 0.3) is 0 Å². The zero-order valence-electron chi connectivity index (χ0n) is 57.3. The Hall–Kier alpha value is -6.74. The molecule has 18 heteroatoms. The molecule has 93 heavy (non-hydrogen) atoms. The van der Waals surface area contributed by atoms with Crippen LogP contribution in [0.4, 0.5) is 0 Å². The molecular formula is C75H114N8O10. The average Bonchev–Trinajstić information content (AvgIpc) is 1.19. The maximum absolute atomic E-state index is 14.0. The minimum atomic E-state index is -1.23. The van der Waals surface area contributed by atoms with Gasteiger partial charge in [-0.15, -0.1) is 48.9 Å². The summed E-state index contributed by atoms with van der Waals surface area (Å²) in [5.41, 5.74) is 1.81. The molecule has 1 unspecified atom stereocenters. The Bertz CT molecular complexity index is 2710. The lowest BCUT2D eigenvalue weighted by atomic mass is 9.82. The highest BCUT2D eigenvalue weighted by molar-refractivity contribution is 5.92.